The summed E-state index contributed by atoms with van der Waals surface area (Å²) >= 11 is 0. The fourth-order valence-corrected chi connectivity index (χ4v) is 3.18. The molecule has 0 aliphatic rings. The maximum absolute atomic E-state index is 12.4. The third-order valence-corrected chi connectivity index (χ3v) is 4.55. The second kappa shape index (κ2) is 7.92. The third kappa shape index (κ3) is 3.86. The molecule has 0 bridgehead atoms. The molecule has 4 aromatic rings. The van der Waals surface area contributed by atoms with Crippen molar-refractivity contribution in [2.24, 2.45) is 0 Å². The summed E-state index contributed by atoms with van der Waals surface area (Å²) in [4.78, 5) is 17.1. The van der Waals surface area contributed by atoms with E-state index in [1.54, 1.807) is 7.11 Å². The van der Waals surface area contributed by atoms with Gasteiger partial charge in [0.25, 0.3) is 0 Å². The first-order valence-electron chi connectivity index (χ1n) is 9.11. The van der Waals surface area contributed by atoms with Crippen molar-refractivity contribution in [2.75, 3.05) is 12.4 Å². The number of pyridine rings is 1. The Balaban J connectivity index is 1.62. The van der Waals surface area contributed by atoms with Gasteiger partial charge in [0.05, 0.1) is 24.7 Å². The van der Waals surface area contributed by atoms with Crippen molar-refractivity contribution in [3.05, 3.63) is 90.5 Å². The number of amides is 1. The Morgan fingerprint density at radius 2 is 1.64 bits per heavy atom. The van der Waals surface area contributed by atoms with Gasteiger partial charge in [0, 0.05) is 22.7 Å². The first-order valence-corrected chi connectivity index (χ1v) is 9.11. The van der Waals surface area contributed by atoms with E-state index in [2.05, 4.69) is 5.32 Å². The summed E-state index contributed by atoms with van der Waals surface area (Å²) in [6, 6.07) is 27.3. The number of hydrogen-bond donors (Lipinski definition) is 1. The fraction of sp³-hybridized carbons (Fsp3) is 0.0833. The molecule has 0 aliphatic carbocycles. The number of fused-ring (bicyclic) bond motifs is 1. The van der Waals surface area contributed by atoms with Gasteiger partial charge >= 0.3 is 0 Å². The van der Waals surface area contributed by atoms with Crippen molar-refractivity contribution in [1.29, 1.82) is 0 Å². The molecule has 28 heavy (non-hydrogen) atoms. The summed E-state index contributed by atoms with van der Waals surface area (Å²) in [6.45, 7) is 0. The zero-order chi connectivity index (χ0) is 19.3. The fourth-order valence-electron chi connectivity index (χ4n) is 3.18. The molecule has 0 atom stereocenters. The van der Waals surface area contributed by atoms with E-state index in [9.17, 15) is 4.79 Å². The van der Waals surface area contributed by atoms with Gasteiger partial charge in [-0.25, -0.2) is 4.98 Å². The van der Waals surface area contributed by atoms with Crippen molar-refractivity contribution in [1.82, 2.24) is 4.98 Å². The van der Waals surface area contributed by atoms with Crippen LogP contribution in [0.3, 0.4) is 0 Å². The second-order valence-corrected chi connectivity index (χ2v) is 6.52. The molecule has 138 valence electrons. The molecule has 3 aromatic carbocycles. The van der Waals surface area contributed by atoms with Crippen LogP contribution in [0.2, 0.25) is 0 Å². The Bertz CT molecular complexity index is 1110. The van der Waals surface area contributed by atoms with Crippen LogP contribution in [0.1, 0.15) is 5.56 Å². The summed E-state index contributed by atoms with van der Waals surface area (Å²) in [5.41, 5.74) is 4.40. The minimum atomic E-state index is -0.0571. The molecule has 4 nitrogen and oxygen atoms in total. The summed E-state index contributed by atoms with van der Waals surface area (Å²) in [5.74, 6) is 0.668. The van der Waals surface area contributed by atoms with Gasteiger partial charge in [-0.1, -0.05) is 60.7 Å². The van der Waals surface area contributed by atoms with Crippen LogP contribution in [-0.4, -0.2) is 18.0 Å². The Kier molecular flexibility index (Phi) is 5.02. The summed E-state index contributed by atoms with van der Waals surface area (Å²) in [6.07, 6.45) is 0.335. The summed E-state index contributed by atoms with van der Waals surface area (Å²) in [7, 11) is 1.64. The highest BCUT2D eigenvalue weighted by Gasteiger charge is 2.10. The number of hydrogen-bond acceptors (Lipinski definition) is 3. The van der Waals surface area contributed by atoms with Crippen molar-refractivity contribution >= 4 is 22.5 Å². The van der Waals surface area contributed by atoms with Crippen molar-refractivity contribution in [2.45, 2.75) is 6.42 Å². The molecule has 0 spiro atoms. The van der Waals surface area contributed by atoms with Crippen LogP contribution in [-0.2, 0) is 11.2 Å². The van der Waals surface area contributed by atoms with Gasteiger partial charge in [-0.2, -0.15) is 0 Å². The third-order valence-electron chi connectivity index (χ3n) is 4.55. The molecule has 0 saturated carbocycles. The number of methoxy groups -OCH3 is 1. The lowest BCUT2D eigenvalue weighted by atomic mass is 10.1. The monoisotopic (exact) mass is 368 g/mol. The van der Waals surface area contributed by atoms with Crippen LogP contribution in [0.5, 0.6) is 5.75 Å². The minimum absolute atomic E-state index is 0.0571. The number of rotatable bonds is 5. The molecule has 0 saturated heterocycles. The zero-order valence-electron chi connectivity index (χ0n) is 15.6. The highest BCUT2D eigenvalue weighted by atomic mass is 16.5. The number of nitrogens with zero attached hydrogens (tertiary/aromatic N) is 1. The van der Waals surface area contributed by atoms with Crippen molar-refractivity contribution < 1.29 is 9.53 Å². The zero-order valence-corrected chi connectivity index (χ0v) is 15.6. The number of anilines is 1. The molecular formula is C24H20N2O2. The summed E-state index contributed by atoms with van der Waals surface area (Å²) in [5, 5.41) is 3.82. The highest BCUT2D eigenvalue weighted by molar-refractivity contribution is 5.96. The summed E-state index contributed by atoms with van der Waals surface area (Å²) < 4.78 is 5.59. The average molecular weight is 368 g/mol. The van der Waals surface area contributed by atoms with Gasteiger partial charge in [-0.05, 0) is 23.8 Å². The first-order chi connectivity index (χ1) is 13.7. The minimum Gasteiger partial charge on any atom is -0.496 e. The van der Waals surface area contributed by atoms with E-state index in [1.165, 1.54) is 0 Å². The average Bonchev–Trinajstić information content (AvgIpc) is 2.74. The van der Waals surface area contributed by atoms with Crippen LogP contribution in [0.25, 0.3) is 22.2 Å². The number of carbonyl (C=O) groups excluding carboxylic acids is 1. The Morgan fingerprint density at radius 1 is 0.929 bits per heavy atom. The predicted octanol–water partition coefficient (Wildman–Crippen LogP) is 5.09. The van der Waals surface area contributed by atoms with Gasteiger partial charge in [-0.3, -0.25) is 4.79 Å². The number of ether oxygens (including phenoxy) is 1. The van der Waals surface area contributed by atoms with E-state index in [4.69, 9.17) is 9.72 Å². The van der Waals surface area contributed by atoms with E-state index in [0.29, 0.717) is 6.42 Å². The maximum Gasteiger partial charge on any atom is 0.228 e. The Morgan fingerprint density at radius 3 is 2.36 bits per heavy atom. The SMILES string of the molecule is COc1cc(-c2ccccc2)nc2ccc(NC(=O)Cc3ccccc3)cc12. The second-order valence-electron chi connectivity index (χ2n) is 6.52. The van der Waals surface area contributed by atoms with E-state index in [-0.39, 0.29) is 5.91 Å². The molecule has 1 aromatic heterocycles. The van der Waals surface area contributed by atoms with Crippen LogP contribution in [0, 0.1) is 0 Å². The van der Waals surface area contributed by atoms with Gasteiger partial charge in [0.2, 0.25) is 5.91 Å². The standard InChI is InChI=1S/C24H20N2O2/c1-28-23-16-22(18-10-6-3-7-11-18)26-21-13-12-19(15-20(21)23)25-24(27)14-17-8-4-2-5-9-17/h2-13,15-16H,14H2,1H3,(H,25,27). The van der Waals surface area contributed by atoms with Gasteiger partial charge in [0.15, 0.2) is 0 Å². The van der Waals surface area contributed by atoms with Crippen molar-refractivity contribution in [3.8, 4) is 17.0 Å². The van der Waals surface area contributed by atoms with E-state index in [0.717, 1.165) is 39.2 Å². The lowest BCUT2D eigenvalue weighted by molar-refractivity contribution is -0.115. The molecule has 0 fully saturated rings. The predicted molar refractivity (Wildman–Crippen MR) is 113 cm³/mol. The molecule has 0 unspecified atom stereocenters. The van der Waals surface area contributed by atoms with Crippen LogP contribution in [0.15, 0.2) is 84.9 Å². The number of carbonyl (C=O) groups is 1. The Hall–Kier alpha value is -3.66. The maximum atomic E-state index is 12.4. The van der Waals surface area contributed by atoms with Crippen LogP contribution in [0.4, 0.5) is 5.69 Å². The molecule has 0 radical (unpaired) electrons. The van der Waals surface area contributed by atoms with Crippen LogP contribution >= 0.6 is 0 Å². The molecule has 4 rings (SSSR count). The lowest BCUT2D eigenvalue weighted by Gasteiger charge is -2.11. The van der Waals surface area contributed by atoms with Gasteiger partial charge in [0.1, 0.15) is 5.75 Å². The smallest absolute Gasteiger partial charge is 0.228 e. The van der Waals surface area contributed by atoms with E-state index >= 15 is 0 Å². The topological polar surface area (TPSA) is 51.2 Å². The molecule has 0 aliphatic heterocycles. The number of nitrogens with one attached hydrogen (secondary N) is 1. The number of benzene rings is 3. The van der Waals surface area contributed by atoms with E-state index in [1.807, 2.05) is 84.9 Å². The molecule has 4 heteroatoms. The highest BCUT2D eigenvalue weighted by Crippen LogP contribution is 2.31. The van der Waals surface area contributed by atoms with Gasteiger partial charge < -0.3 is 10.1 Å². The molecule has 1 heterocycles. The first kappa shape index (κ1) is 17.7. The molecular weight excluding hydrogens is 348 g/mol. The molecule has 1 N–H and O–H groups in total. The van der Waals surface area contributed by atoms with Crippen LogP contribution < -0.4 is 10.1 Å². The van der Waals surface area contributed by atoms with Crippen molar-refractivity contribution in [3.63, 3.8) is 0 Å². The largest absolute Gasteiger partial charge is 0.496 e. The Labute approximate surface area is 163 Å². The van der Waals surface area contributed by atoms with Gasteiger partial charge in [-0.15, -0.1) is 0 Å². The van der Waals surface area contributed by atoms with E-state index < -0.39 is 0 Å². The lowest BCUT2D eigenvalue weighted by Crippen LogP contribution is -2.14. The number of aromatic nitrogens is 1. The molecule has 1 amide bonds. The quantitative estimate of drug-likeness (QED) is 0.534. The normalized spacial score (nSPS) is 10.6.